The summed E-state index contributed by atoms with van der Waals surface area (Å²) >= 11 is 3.26. The zero-order valence-corrected chi connectivity index (χ0v) is 8.07. The molecule has 0 spiro atoms. The van der Waals surface area contributed by atoms with E-state index in [0.29, 0.717) is 0 Å². The van der Waals surface area contributed by atoms with Crippen molar-refractivity contribution in [2.45, 2.75) is 13.1 Å². The van der Waals surface area contributed by atoms with Crippen LogP contribution in [0, 0.1) is 0 Å². The van der Waals surface area contributed by atoms with Gasteiger partial charge in [-0.1, -0.05) is 0 Å². The van der Waals surface area contributed by atoms with Crippen LogP contribution in [0.2, 0.25) is 0 Å². The van der Waals surface area contributed by atoms with Crippen molar-refractivity contribution in [3.05, 3.63) is 22.2 Å². The van der Waals surface area contributed by atoms with E-state index in [9.17, 15) is 0 Å². The van der Waals surface area contributed by atoms with E-state index >= 15 is 0 Å². The van der Waals surface area contributed by atoms with Gasteiger partial charge in [0.05, 0.1) is 17.6 Å². The first-order valence-electron chi connectivity index (χ1n) is 3.07. The quantitative estimate of drug-likeness (QED) is 0.737. The van der Waals surface area contributed by atoms with Crippen LogP contribution in [0.4, 0.5) is 0 Å². The van der Waals surface area contributed by atoms with E-state index in [-0.39, 0.29) is 12.4 Å². The van der Waals surface area contributed by atoms with Crippen LogP contribution >= 0.6 is 28.3 Å². The molecule has 1 aromatic heterocycles. The molecule has 0 radical (unpaired) electrons. The van der Waals surface area contributed by atoms with Gasteiger partial charge >= 0.3 is 0 Å². The molecule has 2 rings (SSSR count). The van der Waals surface area contributed by atoms with E-state index in [4.69, 9.17) is 0 Å². The summed E-state index contributed by atoms with van der Waals surface area (Å²) in [6.07, 6.45) is 1.73. The van der Waals surface area contributed by atoms with Gasteiger partial charge in [-0.2, -0.15) is 0 Å². The predicted molar refractivity (Wildman–Crippen MR) is 47.5 cm³/mol. The second-order valence-corrected chi connectivity index (χ2v) is 3.00. The zero-order chi connectivity index (χ0) is 6.97. The van der Waals surface area contributed by atoms with Crippen LogP contribution in [0.5, 0.6) is 0 Å². The van der Waals surface area contributed by atoms with Gasteiger partial charge in [-0.25, -0.2) is 4.98 Å². The average Bonchev–Trinajstić information content (AvgIpc) is 2.33. The van der Waals surface area contributed by atoms with Gasteiger partial charge in [0, 0.05) is 13.1 Å². The lowest BCUT2D eigenvalue weighted by Crippen LogP contribution is -2.00. The van der Waals surface area contributed by atoms with Crippen molar-refractivity contribution in [3.8, 4) is 0 Å². The van der Waals surface area contributed by atoms with Crippen LogP contribution in [0.1, 0.15) is 11.4 Å². The molecule has 0 saturated carbocycles. The molecule has 1 aliphatic heterocycles. The van der Waals surface area contributed by atoms with Crippen molar-refractivity contribution in [1.82, 2.24) is 15.3 Å². The number of hydrogen-bond acceptors (Lipinski definition) is 3. The van der Waals surface area contributed by atoms with Crippen molar-refractivity contribution in [1.29, 1.82) is 0 Å². The molecule has 0 unspecified atom stereocenters. The van der Waals surface area contributed by atoms with Crippen LogP contribution in [0.15, 0.2) is 10.8 Å². The Kier molecular flexibility index (Phi) is 2.81. The van der Waals surface area contributed by atoms with Gasteiger partial charge in [-0.05, 0) is 15.9 Å². The number of hydrogen-bond donors (Lipinski definition) is 1. The summed E-state index contributed by atoms with van der Waals surface area (Å²) in [5.41, 5.74) is 2.14. The fraction of sp³-hybridized carbons (Fsp3) is 0.333. The molecule has 2 heterocycles. The van der Waals surface area contributed by atoms with Crippen molar-refractivity contribution in [3.63, 3.8) is 0 Å². The zero-order valence-electron chi connectivity index (χ0n) is 5.67. The smallest absolute Gasteiger partial charge is 0.124 e. The highest BCUT2D eigenvalue weighted by Gasteiger charge is 2.11. The molecular formula is C6H7BrClN3. The molecule has 11 heavy (non-hydrogen) atoms. The molecule has 0 aromatic carbocycles. The van der Waals surface area contributed by atoms with Gasteiger partial charge < -0.3 is 5.32 Å². The van der Waals surface area contributed by atoms with Crippen LogP contribution < -0.4 is 5.32 Å². The lowest BCUT2D eigenvalue weighted by molar-refractivity contribution is 0.752. The minimum atomic E-state index is 0. The standard InChI is InChI=1S/C6H6BrN3.ClH/c7-6-3-9-4-1-8-2-5(4)10-6;/h3,8H,1-2H2;1H. The predicted octanol–water partition coefficient (Wildman–Crippen LogP) is 1.26. The fourth-order valence-corrected chi connectivity index (χ4v) is 1.33. The topological polar surface area (TPSA) is 37.8 Å². The first-order valence-corrected chi connectivity index (χ1v) is 3.86. The van der Waals surface area contributed by atoms with E-state index in [1.54, 1.807) is 6.20 Å². The van der Waals surface area contributed by atoms with Gasteiger partial charge in [-0.15, -0.1) is 12.4 Å². The minimum Gasteiger partial charge on any atom is -0.305 e. The molecule has 0 saturated heterocycles. The van der Waals surface area contributed by atoms with E-state index < -0.39 is 0 Å². The van der Waals surface area contributed by atoms with E-state index in [0.717, 1.165) is 29.1 Å². The molecule has 1 aliphatic rings. The first kappa shape index (κ1) is 8.90. The summed E-state index contributed by atoms with van der Waals surface area (Å²) < 4.78 is 0.815. The highest BCUT2D eigenvalue weighted by molar-refractivity contribution is 9.10. The van der Waals surface area contributed by atoms with Crippen LogP contribution in [0.25, 0.3) is 0 Å². The highest BCUT2D eigenvalue weighted by Crippen LogP contribution is 2.12. The maximum Gasteiger partial charge on any atom is 0.124 e. The van der Waals surface area contributed by atoms with Gasteiger partial charge in [0.2, 0.25) is 0 Å². The third kappa shape index (κ3) is 1.69. The normalized spacial score (nSPS) is 13.9. The summed E-state index contributed by atoms with van der Waals surface area (Å²) in [4.78, 5) is 8.43. The number of aromatic nitrogens is 2. The summed E-state index contributed by atoms with van der Waals surface area (Å²) in [5.74, 6) is 0. The lowest BCUT2D eigenvalue weighted by atomic mass is 10.4. The summed E-state index contributed by atoms with van der Waals surface area (Å²) in [7, 11) is 0. The Morgan fingerprint density at radius 3 is 2.91 bits per heavy atom. The SMILES string of the molecule is Brc1cnc2c(n1)CNC2.Cl. The van der Waals surface area contributed by atoms with E-state index in [1.807, 2.05) is 0 Å². The monoisotopic (exact) mass is 235 g/mol. The largest absolute Gasteiger partial charge is 0.305 e. The Morgan fingerprint density at radius 1 is 1.36 bits per heavy atom. The number of rotatable bonds is 0. The number of nitrogens with one attached hydrogen (secondary N) is 1. The Balaban J connectivity index is 0.000000605. The molecule has 0 atom stereocenters. The molecular weight excluding hydrogens is 229 g/mol. The summed E-state index contributed by atoms with van der Waals surface area (Å²) in [6, 6.07) is 0. The molecule has 5 heteroatoms. The van der Waals surface area contributed by atoms with Crippen LogP contribution in [-0.4, -0.2) is 9.97 Å². The second-order valence-electron chi connectivity index (χ2n) is 2.19. The van der Waals surface area contributed by atoms with Gasteiger partial charge in [0.25, 0.3) is 0 Å². The lowest BCUT2D eigenvalue weighted by Gasteiger charge is -1.93. The van der Waals surface area contributed by atoms with Gasteiger partial charge in [0.15, 0.2) is 0 Å². The Labute approximate surface area is 79.2 Å². The average molecular weight is 236 g/mol. The fourth-order valence-electron chi connectivity index (χ4n) is 1.02. The van der Waals surface area contributed by atoms with Gasteiger partial charge in [0.1, 0.15) is 4.60 Å². The van der Waals surface area contributed by atoms with E-state index in [1.165, 1.54) is 0 Å². The van der Waals surface area contributed by atoms with Crippen LogP contribution in [-0.2, 0) is 13.1 Å². The molecule has 1 aromatic rings. The first-order chi connectivity index (χ1) is 4.86. The molecule has 0 fully saturated rings. The summed E-state index contributed by atoms with van der Waals surface area (Å²) in [5, 5.41) is 3.17. The summed E-state index contributed by atoms with van der Waals surface area (Å²) in [6.45, 7) is 1.71. The van der Waals surface area contributed by atoms with Gasteiger partial charge in [-0.3, -0.25) is 4.98 Å². The van der Waals surface area contributed by atoms with Crippen LogP contribution in [0.3, 0.4) is 0 Å². The molecule has 0 bridgehead atoms. The van der Waals surface area contributed by atoms with Crippen molar-refractivity contribution in [2.75, 3.05) is 0 Å². The molecule has 3 nitrogen and oxygen atoms in total. The number of fused-ring (bicyclic) bond motifs is 1. The third-order valence-corrected chi connectivity index (χ3v) is 1.87. The molecule has 60 valence electrons. The highest BCUT2D eigenvalue weighted by atomic mass is 79.9. The minimum absolute atomic E-state index is 0. The molecule has 1 N–H and O–H groups in total. The van der Waals surface area contributed by atoms with Crippen molar-refractivity contribution in [2.24, 2.45) is 0 Å². The van der Waals surface area contributed by atoms with Crippen molar-refractivity contribution < 1.29 is 0 Å². The van der Waals surface area contributed by atoms with Crippen molar-refractivity contribution >= 4 is 28.3 Å². The third-order valence-electron chi connectivity index (χ3n) is 1.49. The molecule has 0 aliphatic carbocycles. The maximum absolute atomic E-state index is 4.25. The Hall–Kier alpha value is -0.190. The van der Waals surface area contributed by atoms with E-state index in [2.05, 4.69) is 31.2 Å². The second kappa shape index (κ2) is 3.47. The molecule has 0 amide bonds. The number of nitrogens with zero attached hydrogens (tertiary/aromatic N) is 2. The Morgan fingerprint density at radius 2 is 2.09 bits per heavy atom. The Bertz CT molecular complexity index is 266. The maximum atomic E-state index is 4.25. The number of halogens is 2.